The fraction of sp³-hybridized carbons (Fsp3) is 0.500. The number of hydrogen-bond acceptors (Lipinski definition) is 3. The molecule has 6 nitrogen and oxygen atoms in total. The molecule has 2 N–H and O–H groups in total. The Morgan fingerprint density at radius 1 is 1.48 bits per heavy atom. The van der Waals surface area contributed by atoms with Crippen LogP contribution in [0.5, 0.6) is 5.75 Å². The fourth-order valence-corrected chi connectivity index (χ4v) is 3.77. The van der Waals surface area contributed by atoms with Crippen LogP contribution in [0.2, 0.25) is 0 Å². The molecule has 2 atom stereocenters. The third-order valence-electron chi connectivity index (χ3n) is 4.99. The SMILES string of the molecule is COc1ccc(F)cc1NC(=O)N1C[C@@H]2CCC[C@@]2(C(=O)O)C1. The van der Waals surface area contributed by atoms with Crippen LogP contribution in [0.1, 0.15) is 19.3 Å². The average molecular weight is 322 g/mol. The normalized spacial score (nSPS) is 26.0. The van der Waals surface area contributed by atoms with Crippen molar-refractivity contribution in [1.29, 1.82) is 0 Å². The molecular weight excluding hydrogens is 303 g/mol. The second-order valence-corrected chi connectivity index (χ2v) is 6.21. The van der Waals surface area contributed by atoms with Crippen molar-refractivity contribution in [2.24, 2.45) is 11.3 Å². The minimum Gasteiger partial charge on any atom is -0.495 e. The van der Waals surface area contributed by atoms with Crippen molar-refractivity contribution in [2.75, 3.05) is 25.5 Å². The highest BCUT2D eigenvalue weighted by atomic mass is 19.1. The van der Waals surface area contributed by atoms with E-state index in [9.17, 15) is 19.1 Å². The van der Waals surface area contributed by atoms with Crippen molar-refractivity contribution in [3.05, 3.63) is 24.0 Å². The number of amides is 2. The van der Waals surface area contributed by atoms with Crippen molar-refractivity contribution in [2.45, 2.75) is 19.3 Å². The Bertz CT molecular complexity index is 651. The Morgan fingerprint density at radius 3 is 2.91 bits per heavy atom. The molecule has 2 amide bonds. The van der Waals surface area contributed by atoms with Crippen LogP contribution in [0.3, 0.4) is 0 Å². The van der Waals surface area contributed by atoms with E-state index in [-0.39, 0.29) is 18.2 Å². The summed E-state index contributed by atoms with van der Waals surface area (Å²) in [4.78, 5) is 25.6. The summed E-state index contributed by atoms with van der Waals surface area (Å²) in [5.74, 6) is -0.979. The number of hydrogen-bond donors (Lipinski definition) is 2. The number of aliphatic carboxylic acids is 1. The van der Waals surface area contributed by atoms with Crippen LogP contribution >= 0.6 is 0 Å². The lowest BCUT2D eigenvalue weighted by Crippen LogP contribution is -2.38. The number of methoxy groups -OCH3 is 1. The largest absolute Gasteiger partial charge is 0.495 e. The van der Waals surface area contributed by atoms with Gasteiger partial charge in [-0.25, -0.2) is 9.18 Å². The van der Waals surface area contributed by atoms with Crippen molar-refractivity contribution in [1.82, 2.24) is 4.90 Å². The Hall–Kier alpha value is -2.31. The van der Waals surface area contributed by atoms with E-state index in [4.69, 9.17) is 4.74 Å². The molecule has 3 rings (SSSR count). The van der Waals surface area contributed by atoms with Gasteiger partial charge < -0.3 is 20.1 Å². The van der Waals surface area contributed by atoms with Gasteiger partial charge in [0.15, 0.2) is 0 Å². The number of benzene rings is 1. The van der Waals surface area contributed by atoms with Crippen LogP contribution in [-0.4, -0.2) is 42.2 Å². The van der Waals surface area contributed by atoms with Crippen LogP contribution in [0.4, 0.5) is 14.9 Å². The maximum Gasteiger partial charge on any atom is 0.321 e. The Morgan fingerprint density at radius 2 is 2.26 bits per heavy atom. The number of nitrogens with zero attached hydrogens (tertiary/aromatic N) is 1. The summed E-state index contributed by atoms with van der Waals surface area (Å²) in [5, 5.41) is 12.2. The summed E-state index contributed by atoms with van der Waals surface area (Å²) in [5.41, 5.74) is -0.595. The van der Waals surface area contributed by atoms with Gasteiger partial charge >= 0.3 is 12.0 Å². The van der Waals surface area contributed by atoms with Gasteiger partial charge in [-0.15, -0.1) is 0 Å². The van der Waals surface area contributed by atoms with Crippen molar-refractivity contribution < 1.29 is 23.8 Å². The monoisotopic (exact) mass is 322 g/mol. The molecule has 0 spiro atoms. The molecule has 2 aliphatic rings. The van der Waals surface area contributed by atoms with Gasteiger partial charge in [0.2, 0.25) is 0 Å². The fourth-order valence-electron chi connectivity index (χ4n) is 3.77. The third-order valence-corrected chi connectivity index (χ3v) is 4.99. The molecule has 124 valence electrons. The molecular formula is C16H19FN2O4. The zero-order valence-electron chi connectivity index (χ0n) is 12.8. The number of carboxylic acids is 1. The quantitative estimate of drug-likeness (QED) is 0.896. The standard InChI is InChI=1S/C16H19FN2O4/c1-23-13-5-4-11(17)7-12(13)18-15(22)19-8-10-3-2-6-16(10,9-19)14(20)21/h4-5,7,10H,2-3,6,8-9H2,1H3,(H,18,22)(H,20,21)/t10-,16+/m0/s1. The van der Waals surface area contributed by atoms with E-state index < -0.39 is 23.2 Å². The maximum absolute atomic E-state index is 13.4. The summed E-state index contributed by atoms with van der Waals surface area (Å²) in [6.45, 7) is 0.603. The Labute approximate surface area is 133 Å². The number of halogens is 1. The first-order valence-electron chi connectivity index (χ1n) is 7.59. The van der Waals surface area contributed by atoms with E-state index in [1.54, 1.807) is 0 Å². The first-order chi connectivity index (χ1) is 11.0. The summed E-state index contributed by atoms with van der Waals surface area (Å²) >= 11 is 0. The minimum absolute atomic E-state index is 0.0137. The van der Waals surface area contributed by atoms with Gasteiger partial charge in [-0.1, -0.05) is 6.42 Å². The lowest BCUT2D eigenvalue weighted by Gasteiger charge is -2.23. The van der Waals surface area contributed by atoms with Gasteiger partial charge in [0.25, 0.3) is 0 Å². The topological polar surface area (TPSA) is 78.9 Å². The molecule has 1 aliphatic carbocycles. The second kappa shape index (κ2) is 5.72. The highest BCUT2D eigenvalue weighted by molar-refractivity contribution is 5.92. The molecule has 0 radical (unpaired) electrons. The Kier molecular flexibility index (Phi) is 3.87. The first kappa shape index (κ1) is 15.6. The van der Waals surface area contributed by atoms with Crippen molar-refractivity contribution in [3.63, 3.8) is 0 Å². The first-order valence-corrected chi connectivity index (χ1v) is 7.59. The highest BCUT2D eigenvalue weighted by Crippen LogP contribution is 2.49. The second-order valence-electron chi connectivity index (χ2n) is 6.21. The number of nitrogens with one attached hydrogen (secondary N) is 1. The molecule has 1 aromatic carbocycles. The number of ether oxygens (including phenoxy) is 1. The van der Waals surface area contributed by atoms with Crippen molar-refractivity contribution >= 4 is 17.7 Å². The molecule has 1 saturated heterocycles. The number of carbonyl (C=O) groups excluding carboxylic acids is 1. The van der Waals surface area contributed by atoms with E-state index in [1.165, 1.54) is 30.2 Å². The molecule has 1 heterocycles. The molecule has 7 heteroatoms. The van der Waals surface area contributed by atoms with E-state index >= 15 is 0 Å². The van der Waals surface area contributed by atoms with Gasteiger partial charge in [0.05, 0.1) is 18.2 Å². The summed E-state index contributed by atoms with van der Waals surface area (Å²) in [6.07, 6.45) is 2.30. The van der Waals surface area contributed by atoms with Crippen LogP contribution in [-0.2, 0) is 4.79 Å². The molecule has 23 heavy (non-hydrogen) atoms. The van der Waals surface area contributed by atoms with Crippen LogP contribution in [0, 0.1) is 17.2 Å². The molecule has 0 bridgehead atoms. The number of urea groups is 1. The smallest absolute Gasteiger partial charge is 0.321 e. The molecule has 2 fully saturated rings. The number of rotatable bonds is 3. The van der Waals surface area contributed by atoms with Gasteiger partial charge in [-0.05, 0) is 30.9 Å². The zero-order valence-corrected chi connectivity index (χ0v) is 12.8. The van der Waals surface area contributed by atoms with E-state index in [0.29, 0.717) is 18.7 Å². The van der Waals surface area contributed by atoms with E-state index in [1.807, 2.05) is 0 Å². The van der Waals surface area contributed by atoms with Crippen LogP contribution in [0.25, 0.3) is 0 Å². The molecule has 0 unspecified atom stereocenters. The van der Waals surface area contributed by atoms with Gasteiger partial charge in [0.1, 0.15) is 11.6 Å². The average Bonchev–Trinajstić information content (AvgIpc) is 3.05. The summed E-state index contributed by atoms with van der Waals surface area (Å²) < 4.78 is 18.5. The lowest BCUT2D eigenvalue weighted by atomic mass is 9.81. The zero-order chi connectivity index (χ0) is 16.6. The number of carboxylic acid groups (broad SMARTS) is 1. The van der Waals surface area contributed by atoms with Crippen LogP contribution < -0.4 is 10.1 Å². The van der Waals surface area contributed by atoms with Gasteiger partial charge in [-0.2, -0.15) is 0 Å². The number of anilines is 1. The predicted molar refractivity (Wildman–Crippen MR) is 81.0 cm³/mol. The predicted octanol–water partition coefficient (Wildman–Crippen LogP) is 2.55. The third kappa shape index (κ3) is 2.60. The number of likely N-dealkylation sites (tertiary alicyclic amines) is 1. The van der Waals surface area contributed by atoms with Gasteiger partial charge in [0, 0.05) is 19.2 Å². The van der Waals surface area contributed by atoms with Gasteiger partial charge in [-0.3, -0.25) is 4.79 Å². The summed E-state index contributed by atoms with van der Waals surface area (Å²) in [6, 6.07) is 3.43. The molecule has 1 saturated carbocycles. The van der Waals surface area contributed by atoms with Crippen molar-refractivity contribution in [3.8, 4) is 5.75 Å². The van der Waals surface area contributed by atoms with Crippen LogP contribution in [0.15, 0.2) is 18.2 Å². The minimum atomic E-state index is -0.835. The van der Waals surface area contributed by atoms with E-state index in [2.05, 4.69) is 5.32 Å². The van der Waals surface area contributed by atoms with E-state index in [0.717, 1.165) is 12.8 Å². The molecule has 0 aromatic heterocycles. The molecule has 1 aliphatic heterocycles. The number of fused-ring (bicyclic) bond motifs is 1. The Balaban J connectivity index is 1.76. The maximum atomic E-state index is 13.4. The number of carbonyl (C=O) groups is 2. The highest BCUT2D eigenvalue weighted by Gasteiger charge is 2.55. The lowest BCUT2D eigenvalue weighted by molar-refractivity contribution is -0.149. The molecule has 1 aromatic rings. The summed E-state index contributed by atoms with van der Waals surface area (Å²) in [7, 11) is 1.43.